The fourth-order valence-electron chi connectivity index (χ4n) is 2.77. The lowest BCUT2D eigenvalue weighted by Crippen LogP contribution is -2.56. The molecule has 20 heavy (non-hydrogen) atoms. The van der Waals surface area contributed by atoms with Crippen LogP contribution in [0.3, 0.4) is 0 Å². The summed E-state index contributed by atoms with van der Waals surface area (Å²) in [5.41, 5.74) is 0. The fourth-order valence-corrected chi connectivity index (χ4v) is 2.77. The van der Waals surface area contributed by atoms with Crippen molar-refractivity contribution in [1.29, 1.82) is 0 Å². The minimum absolute atomic E-state index is 0.0101. The van der Waals surface area contributed by atoms with Gasteiger partial charge in [0.05, 0.1) is 38.5 Å². The van der Waals surface area contributed by atoms with Gasteiger partial charge in [0.15, 0.2) is 0 Å². The van der Waals surface area contributed by atoms with Gasteiger partial charge in [0.2, 0.25) is 0 Å². The predicted molar refractivity (Wildman–Crippen MR) is 70.5 cm³/mol. The molecule has 2 saturated heterocycles. The van der Waals surface area contributed by atoms with Crippen LogP contribution < -0.4 is 0 Å². The zero-order chi connectivity index (χ0) is 14.7. The van der Waals surface area contributed by atoms with E-state index in [-0.39, 0.29) is 31.3 Å². The zero-order valence-corrected chi connectivity index (χ0v) is 11.9. The Morgan fingerprint density at radius 3 is 2.65 bits per heavy atom. The Balaban J connectivity index is 2.10. The van der Waals surface area contributed by atoms with E-state index in [1.165, 1.54) is 0 Å². The van der Waals surface area contributed by atoms with Crippen LogP contribution in [0.4, 0.5) is 4.79 Å². The number of nitrogens with zero attached hydrogens (tertiary/aromatic N) is 2. The minimum Gasteiger partial charge on any atom is -0.481 e. The Morgan fingerprint density at radius 2 is 2.05 bits per heavy atom. The molecule has 1 N–H and O–H groups in total. The topological polar surface area (TPSA) is 79.3 Å². The molecule has 0 aromatic carbocycles. The second-order valence-corrected chi connectivity index (χ2v) is 5.24. The molecule has 3 unspecified atom stereocenters. The Morgan fingerprint density at radius 1 is 1.30 bits per heavy atom. The lowest BCUT2D eigenvalue weighted by molar-refractivity contribution is -0.142. The van der Waals surface area contributed by atoms with Crippen molar-refractivity contribution in [2.45, 2.75) is 25.9 Å². The van der Waals surface area contributed by atoms with Crippen molar-refractivity contribution in [3.8, 4) is 0 Å². The third-order valence-electron chi connectivity index (χ3n) is 3.97. The number of morpholine rings is 1. The van der Waals surface area contributed by atoms with Crippen LogP contribution in [-0.4, -0.2) is 78.5 Å². The van der Waals surface area contributed by atoms with Gasteiger partial charge >= 0.3 is 12.0 Å². The minimum atomic E-state index is -0.909. The molecule has 7 heteroatoms. The van der Waals surface area contributed by atoms with Crippen molar-refractivity contribution in [2.75, 3.05) is 39.5 Å². The number of rotatable bonds is 3. The highest BCUT2D eigenvalue weighted by Crippen LogP contribution is 2.22. The first kappa shape index (κ1) is 15.1. The largest absolute Gasteiger partial charge is 0.481 e. The van der Waals surface area contributed by atoms with Gasteiger partial charge in [-0.3, -0.25) is 4.79 Å². The molecular weight excluding hydrogens is 264 g/mol. The maximum absolute atomic E-state index is 12.6. The average molecular weight is 286 g/mol. The van der Waals surface area contributed by atoms with Gasteiger partial charge < -0.3 is 24.4 Å². The van der Waals surface area contributed by atoms with Crippen LogP contribution in [0.25, 0.3) is 0 Å². The van der Waals surface area contributed by atoms with E-state index in [1.54, 1.807) is 9.80 Å². The number of carbonyl (C=O) groups is 2. The van der Waals surface area contributed by atoms with E-state index >= 15 is 0 Å². The van der Waals surface area contributed by atoms with Crippen molar-refractivity contribution in [2.24, 2.45) is 5.92 Å². The molecule has 2 amide bonds. The third kappa shape index (κ3) is 2.88. The molecule has 0 radical (unpaired) electrons. The molecule has 2 heterocycles. The van der Waals surface area contributed by atoms with E-state index < -0.39 is 11.9 Å². The summed E-state index contributed by atoms with van der Waals surface area (Å²) < 4.78 is 10.6. The fraction of sp³-hybridized carbons (Fsp3) is 0.846. The van der Waals surface area contributed by atoms with Gasteiger partial charge in [-0.1, -0.05) is 0 Å². The maximum atomic E-state index is 12.6. The molecule has 2 aliphatic rings. The number of hydrogen-bond donors (Lipinski definition) is 1. The van der Waals surface area contributed by atoms with Crippen molar-refractivity contribution in [1.82, 2.24) is 9.80 Å². The summed E-state index contributed by atoms with van der Waals surface area (Å²) >= 11 is 0. The Bertz CT molecular complexity index is 376. The monoisotopic (exact) mass is 286 g/mol. The molecule has 3 atom stereocenters. The maximum Gasteiger partial charge on any atom is 0.320 e. The van der Waals surface area contributed by atoms with E-state index in [0.717, 1.165) is 0 Å². The highest BCUT2D eigenvalue weighted by molar-refractivity contribution is 5.77. The van der Waals surface area contributed by atoms with Crippen LogP contribution in [0.15, 0.2) is 0 Å². The number of aliphatic carboxylic acids is 1. The Hall–Kier alpha value is -1.34. The summed E-state index contributed by atoms with van der Waals surface area (Å²) in [5, 5.41) is 9.22. The normalized spacial score (nSPS) is 30.3. The first-order chi connectivity index (χ1) is 9.56. The molecule has 7 nitrogen and oxygen atoms in total. The van der Waals surface area contributed by atoms with Crippen molar-refractivity contribution < 1.29 is 24.2 Å². The molecule has 0 aromatic heterocycles. The quantitative estimate of drug-likeness (QED) is 0.804. The molecule has 2 rings (SSSR count). The Kier molecular flexibility index (Phi) is 4.82. The molecule has 0 aliphatic carbocycles. The van der Waals surface area contributed by atoms with Crippen LogP contribution in [0, 0.1) is 5.92 Å². The summed E-state index contributed by atoms with van der Waals surface area (Å²) in [5.74, 6) is -1.55. The molecule has 2 fully saturated rings. The summed E-state index contributed by atoms with van der Waals surface area (Å²) in [6, 6.07) is -0.499. The zero-order valence-electron chi connectivity index (χ0n) is 11.9. The lowest BCUT2D eigenvalue weighted by Gasteiger charge is -2.39. The van der Waals surface area contributed by atoms with Crippen LogP contribution in [-0.2, 0) is 14.3 Å². The summed E-state index contributed by atoms with van der Waals surface area (Å²) in [7, 11) is 0. The van der Waals surface area contributed by atoms with Crippen LogP contribution in [0.2, 0.25) is 0 Å². The number of urea groups is 1. The van der Waals surface area contributed by atoms with E-state index in [1.807, 2.05) is 13.8 Å². The van der Waals surface area contributed by atoms with Gasteiger partial charge in [0.1, 0.15) is 5.92 Å². The first-order valence-corrected chi connectivity index (χ1v) is 7.01. The molecule has 0 spiro atoms. The van der Waals surface area contributed by atoms with E-state index in [4.69, 9.17) is 9.47 Å². The molecule has 0 bridgehead atoms. The predicted octanol–water partition coefficient (Wildman–Crippen LogP) is 0.249. The van der Waals surface area contributed by atoms with Gasteiger partial charge in [-0.05, 0) is 13.8 Å². The lowest BCUT2D eigenvalue weighted by atomic mass is 10.0. The van der Waals surface area contributed by atoms with Crippen molar-refractivity contribution >= 4 is 12.0 Å². The van der Waals surface area contributed by atoms with Crippen LogP contribution >= 0.6 is 0 Å². The molecule has 0 saturated carbocycles. The summed E-state index contributed by atoms with van der Waals surface area (Å²) in [6.07, 6.45) is 0. The average Bonchev–Trinajstić information content (AvgIpc) is 2.89. The van der Waals surface area contributed by atoms with Gasteiger partial charge in [-0.2, -0.15) is 0 Å². The SMILES string of the molecule is CCN(C(=O)N1CCOCC1C)C1COCC1C(=O)O. The molecule has 0 aromatic rings. The summed E-state index contributed by atoms with van der Waals surface area (Å²) in [6.45, 7) is 6.31. The van der Waals surface area contributed by atoms with Gasteiger partial charge in [-0.15, -0.1) is 0 Å². The number of amides is 2. The highest BCUT2D eigenvalue weighted by atomic mass is 16.5. The highest BCUT2D eigenvalue weighted by Gasteiger charge is 2.41. The van der Waals surface area contributed by atoms with E-state index in [2.05, 4.69) is 0 Å². The smallest absolute Gasteiger partial charge is 0.320 e. The number of carboxylic acids is 1. The van der Waals surface area contributed by atoms with Crippen molar-refractivity contribution in [3.63, 3.8) is 0 Å². The van der Waals surface area contributed by atoms with E-state index in [9.17, 15) is 14.7 Å². The Labute approximate surface area is 118 Å². The van der Waals surface area contributed by atoms with Crippen LogP contribution in [0.1, 0.15) is 13.8 Å². The number of carboxylic acid groups (broad SMARTS) is 1. The molecule has 114 valence electrons. The number of likely N-dealkylation sites (N-methyl/N-ethyl adjacent to an activating group) is 1. The van der Waals surface area contributed by atoms with Crippen molar-refractivity contribution in [3.05, 3.63) is 0 Å². The standard InChI is InChI=1S/C13H22N2O5/c1-3-14(11-8-20-7-10(11)12(16)17)13(18)15-4-5-19-6-9(15)2/h9-11H,3-8H2,1-2H3,(H,16,17). The second-order valence-electron chi connectivity index (χ2n) is 5.24. The van der Waals surface area contributed by atoms with Gasteiger partial charge in [-0.25, -0.2) is 4.79 Å². The molecule has 2 aliphatic heterocycles. The first-order valence-electron chi connectivity index (χ1n) is 7.01. The number of hydrogen-bond acceptors (Lipinski definition) is 4. The van der Waals surface area contributed by atoms with E-state index in [0.29, 0.717) is 26.3 Å². The third-order valence-corrected chi connectivity index (χ3v) is 3.97. The van der Waals surface area contributed by atoms with Gasteiger partial charge in [0.25, 0.3) is 0 Å². The van der Waals surface area contributed by atoms with Crippen LogP contribution in [0.5, 0.6) is 0 Å². The second kappa shape index (κ2) is 6.41. The van der Waals surface area contributed by atoms with Gasteiger partial charge in [0, 0.05) is 13.1 Å². The number of ether oxygens (including phenoxy) is 2. The summed E-state index contributed by atoms with van der Waals surface area (Å²) in [4.78, 5) is 27.3. The molecular formula is C13H22N2O5. The number of carbonyl (C=O) groups excluding carboxylic acids is 1.